The summed E-state index contributed by atoms with van der Waals surface area (Å²) in [7, 11) is 0. The summed E-state index contributed by atoms with van der Waals surface area (Å²) in [4.78, 5) is 26.2. The smallest absolute Gasteiger partial charge is 0.336 e. The van der Waals surface area contributed by atoms with Crippen molar-refractivity contribution in [1.29, 1.82) is 0 Å². The molecule has 33 heavy (non-hydrogen) atoms. The predicted molar refractivity (Wildman–Crippen MR) is 125 cm³/mol. The highest BCUT2D eigenvalue weighted by Gasteiger charge is 2.39. The van der Waals surface area contributed by atoms with E-state index >= 15 is 0 Å². The fourth-order valence-electron chi connectivity index (χ4n) is 4.43. The van der Waals surface area contributed by atoms with Gasteiger partial charge in [0.25, 0.3) is 0 Å². The second kappa shape index (κ2) is 10.4. The number of para-hydroxylation sites is 1. The number of carbonyl (C=O) groups excluding carboxylic acids is 2. The Bertz CT molecular complexity index is 1090. The van der Waals surface area contributed by atoms with Crippen LogP contribution in [0.1, 0.15) is 44.6 Å². The van der Waals surface area contributed by atoms with Gasteiger partial charge in [0.15, 0.2) is 5.78 Å². The van der Waals surface area contributed by atoms with Crippen LogP contribution in [0.3, 0.4) is 0 Å². The van der Waals surface area contributed by atoms with E-state index in [1.807, 2.05) is 68.4 Å². The van der Waals surface area contributed by atoms with Crippen LogP contribution in [0.4, 0.5) is 0 Å². The Hall–Kier alpha value is -3.54. The van der Waals surface area contributed by atoms with Crippen molar-refractivity contribution in [3.8, 4) is 11.5 Å². The van der Waals surface area contributed by atoms with Gasteiger partial charge in [0.05, 0.1) is 12.2 Å². The van der Waals surface area contributed by atoms with Gasteiger partial charge in [0.2, 0.25) is 0 Å². The number of carbonyl (C=O) groups is 2. The third-order valence-corrected chi connectivity index (χ3v) is 5.83. The quantitative estimate of drug-likeness (QED) is 0.468. The van der Waals surface area contributed by atoms with E-state index in [1.165, 1.54) is 0 Å². The molecule has 1 N–H and O–H groups in total. The standard InChI is InChI=1S/C27H29NO5/c1-3-31-21-12-7-9-19(17-21)25-24(18(2)28-22-13-8-14-23(29)26(22)25)27(30)33-16-15-32-20-10-5-4-6-11-20/h4-7,9-12,17,25,28H,3,8,13-16H2,1-2H3/t25-/m0/s1. The lowest BCUT2D eigenvalue weighted by atomic mass is 9.75. The number of ketones is 1. The molecular formula is C27H29NO5. The molecule has 2 aromatic rings. The Labute approximate surface area is 194 Å². The van der Waals surface area contributed by atoms with Crippen LogP contribution >= 0.6 is 0 Å². The monoisotopic (exact) mass is 447 g/mol. The number of nitrogens with one attached hydrogen (secondary N) is 1. The van der Waals surface area contributed by atoms with Gasteiger partial charge in [-0.2, -0.15) is 0 Å². The molecule has 0 unspecified atom stereocenters. The largest absolute Gasteiger partial charge is 0.494 e. The van der Waals surface area contributed by atoms with Crippen LogP contribution in [0.25, 0.3) is 0 Å². The summed E-state index contributed by atoms with van der Waals surface area (Å²) in [6.45, 7) is 4.67. The van der Waals surface area contributed by atoms with Crippen LogP contribution in [0, 0.1) is 0 Å². The van der Waals surface area contributed by atoms with Crippen LogP contribution in [-0.2, 0) is 14.3 Å². The van der Waals surface area contributed by atoms with Gasteiger partial charge >= 0.3 is 5.97 Å². The van der Waals surface area contributed by atoms with Crippen LogP contribution in [0.5, 0.6) is 11.5 Å². The van der Waals surface area contributed by atoms with Crippen molar-refractivity contribution in [3.63, 3.8) is 0 Å². The molecular weight excluding hydrogens is 418 g/mol. The van der Waals surface area contributed by atoms with Gasteiger partial charge in [-0.15, -0.1) is 0 Å². The molecule has 172 valence electrons. The van der Waals surface area contributed by atoms with Crippen molar-refractivity contribution >= 4 is 11.8 Å². The molecule has 0 saturated carbocycles. The number of ether oxygens (including phenoxy) is 3. The van der Waals surface area contributed by atoms with Crippen molar-refractivity contribution in [2.24, 2.45) is 0 Å². The first-order valence-corrected chi connectivity index (χ1v) is 11.4. The molecule has 2 aromatic carbocycles. The number of rotatable bonds is 8. The molecule has 1 aliphatic carbocycles. The maximum atomic E-state index is 13.3. The molecule has 0 spiro atoms. The minimum atomic E-state index is -0.489. The van der Waals surface area contributed by atoms with Crippen LogP contribution < -0.4 is 14.8 Å². The summed E-state index contributed by atoms with van der Waals surface area (Å²) in [6.07, 6.45) is 2.07. The molecule has 1 heterocycles. The predicted octanol–water partition coefficient (Wildman–Crippen LogP) is 4.68. The van der Waals surface area contributed by atoms with Crippen LogP contribution in [0.15, 0.2) is 77.1 Å². The first kappa shape index (κ1) is 22.6. The topological polar surface area (TPSA) is 73.9 Å². The summed E-state index contributed by atoms with van der Waals surface area (Å²) in [5.41, 5.74) is 3.58. The normalized spacial score (nSPS) is 17.9. The summed E-state index contributed by atoms with van der Waals surface area (Å²) in [5.74, 6) is 0.559. The average Bonchev–Trinajstić information content (AvgIpc) is 2.82. The zero-order chi connectivity index (χ0) is 23.2. The van der Waals surface area contributed by atoms with E-state index in [0.717, 1.165) is 29.9 Å². The highest BCUT2D eigenvalue weighted by molar-refractivity contribution is 6.03. The SMILES string of the molecule is CCOc1cccc([C@H]2C(C(=O)OCCOc3ccccc3)=C(C)NC3=C2C(=O)CCC3)c1. The number of esters is 1. The van der Waals surface area contributed by atoms with Crippen LogP contribution in [0.2, 0.25) is 0 Å². The second-order valence-electron chi connectivity index (χ2n) is 8.07. The van der Waals surface area contributed by atoms with Crippen LogP contribution in [-0.4, -0.2) is 31.6 Å². The third kappa shape index (κ3) is 5.11. The highest BCUT2D eigenvalue weighted by Crippen LogP contribution is 2.43. The lowest BCUT2D eigenvalue weighted by Gasteiger charge is -2.34. The van der Waals surface area contributed by atoms with Gasteiger partial charge in [-0.25, -0.2) is 4.79 Å². The molecule has 4 rings (SSSR count). The van der Waals surface area contributed by atoms with Gasteiger partial charge in [0, 0.05) is 29.3 Å². The minimum Gasteiger partial charge on any atom is -0.494 e. The van der Waals surface area contributed by atoms with E-state index < -0.39 is 11.9 Å². The number of dihydropyridines is 1. The lowest BCUT2D eigenvalue weighted by Crippen LogP contribution is -2.34. The molecule has 0 amide bonds. The van der Waals surface area contributed by atoms with Crippen molar-refractivity contribution in [1.82, 2.24) is 5.32 Å². The molecule has 6 nitrogen and oxygen atoms in total. The highest BCUT2D eigenvalue weighted by atomic mass is 16.6. The average molecular weight is 448 g/mol. The number of allylic oxidation sites excluding steroid dienone is 3. The lowest BCUT2D eigenvalue weighted by molar-refractivity contribution is -0.140. The molecule has 2 aliphatic rings. The maximum absolute atomic E-state index is 13.3. The Balaban J connectivity index is 1.58. The molecule has 0 saturated heterocycles. The fraction of sp³-hybridized carbons (Fsp3) is 0.333. The molecule has 0 fully saturated rings. The molecule has 0 aromatic heterocycles. The van der Waals surface area contributed by atoms with E-state index in [1.54, 1.807) is 0 Å². The first-order chi connectivity index (χ1) is 16.1. The zero-order valence-electron chi connectivity index (χ0n) is 19.1. The molecule has 6 heteroatoms. The first-order valence-electron chi connectivity index (χ1n) is 11.4. The summed E-state index contributed by atoms with van der Waals surface area (Å²) in [5, 5.41) is 3.31. The van der Waals surface area contributed by atoms with E-state index in [9.17, 15) is 9.59 Å². The molecule has 1 aliphatic heterocycles. The zero-order valence-corrected chi connectivity index (χ0v) is 19.1. The fourth-order valence-corrected chi connectivity index (χ4v) is 4.43. The van der Waals surface area contributed by atoms with Crippen molar-refractivity contribution in [2.75, 3.05) is 19.8 Å². The van der Waals surface area contributed by atoms with Crippen molar-refractivity contribution < 1.29 is 23.8 Å². The van der Waals surface area contributed by atoms with Gasteiger partial charge < -0.3 is 19.5 Å². The Morgan fingerprint density at radius 1 is 1.00 bits per heavy atom. The van der Waals surface area contributed by atoms with Gasteiger partial charge in [-0.1, -0.05) is 30.3 Å². The Morgan fingerprint density at radius 2 is 1.79 bits per heavy atom. The number of hydrogen-bond donors (Lipinski definition) is 1. The van der Waals surface area contributed by atoms with E-state index in [4.69, 9.17) is 14.2 Å². The molecule has 0 bridgehead atoms. The summed E-state index contributed by atoms with van der Waals surface area (Å²) < 4.78 is 16.9. The van der Waals surface area contributed by atoms with Gasteiger partial charge in [-0.05, 0) is 56.5 Å². The number of Topliss-reactive ketones (excluding diaryl/α,β-unsaturated/α-hetero) is 1. The summed E-state index contributed by atoms with van der Waals surface area (Å²) in [6, 6.07) is 17.0. The van der Waals surface area contributed by atoms with Crippen molar-refractivity contribution in [3.05, 3.63) is 82.7 Å². The Kier molecular flexibility index (Phi) is 7.13. The maximum Gasteiger partial charge on any atom is 0.336 e. The number of benzene rings is 2. The Morgan fingerprint density at radius 3 is 2.58 bits per heavy atom. The molecule has 1 atom stereocenters. The van der Waals surface area contributed by atoms with Crippen molar-refractivity contribution in [2.45, 2.75) is 39.0 Å². The van der Waals surface area contributed by atoms with Gasteiger partial charge in [0.1, 0.15) is 24.7 Å². The van der Waals surface area contributed by atoms with E-state index in [2.05, 4.69) is 5.32 Å². The van der Waals surface area contributed by atoms with Gasteiger partial charge in [-0.3, -0.25) is 4.79 Å². The third-order valence-electron chi connectivity index (χ3n) is 5.83. The second-order valence-corrected chi connectivity index (χ2v) is 8.07. The molecule has 0 radical (unpaired) electrons. The summed E-state index contributed by atoms with van der Waals surface area (Å²) >= 11 is 0. The number of hydrogen-bond acceptors (Lipinski definition) is 6. The minimum absolute atomic E-state index is 0.0702. The van der Waals surface area contributed by atoms with E-state index in [-0.39, 0.29) is 19.0 Å². The van der Waals surface area contributed by atoms with E-state index in [0.29, 0.717) is 35.6 Å².